The van der Waals surface area contributed by atoms with Crippen molar-refractivity contribution in [1.29, 1.82) is 0 Å². The molecule has 0 saturated carbocycles. The fraction of sp³-hybridized carbons (Fsp3) is 0.500. The van der Waals surface area contributed by atoms with E-state index in [2.05, 4.69) is 10.1 Å². The first-order chi connectivity index (χ1) is 9.90. The lowest BCUT2D eigenvalue weighted by Gasteiger charge is -2.17. The van der Waals surface area contributed by atoms with Gasteiger partial charge in [0.1, 0.15) is 0 Å². The molecule has 2 atom stereocenters. The minimum absolute atomic E-state index is 0.0114. The second-order valence-corrected chi connectivity index (χ2v) is 5.18. The zero-order valence-corrected chi connectivity index (χ0v) is 11.8. The minimum Gasteiger partial charge on any atom is -0.429 e. The Morgan fingerprint density at radius 1 is 1.48 bits per heavy atom. The van der Waals surface area contributed by atoms with Crippen LogP contribution in [0.15, 0.2) is 18.2 Å². The molecule has 0 bridgehead atoms. The summed E-state index contributed by atoms with van der Waals surface area (Å²) in [5.74, 6) is -1.54. The summed E-state index contributed by atoms with van der Waals surface area (Å²) in [6.45, 7) is -0.279. The molecular formula is C14H17F3N2O2. The van der Waals surface area contributed by atoms with Crippen molar-refractivity contribution < 1.29 is 22.7 Å². The number of hydrogen-bond donors (Lipinski definition) is 1. The van der Waals surface area contributed by atoms with Gasteiger partial charge in [-0.2, -0.15) is 8.78 Å². The van der Waals surface area contributed by atoms with Gasteiger partial charge in [0.2, 0.25) is 5.91 Å². The van der Waals surface area contributed by atoms with Crippen LogP contribution in [0, 0.1) is 17.7 Å². The first-order valence-electron chi connectivity index (χ1n) is 6.62. The van der Waals surface area contributed by atoms with Gasteiger partial charge in [-0.05, 0) is 18.1 Å². The maximum Gasteiger partial charge on any atom is 0.387 e. The lowest BCUT2D eigenvalue weighted by molar-refractivity contribution is -0.129. The van der Waals surface area contributed by atoms with Crippen molar-refractivity contribution >= 4 is 11.6 Å². The van der Waals surface area contributed by atoms with E-state index in [0.717, 1.165) is 6.07 Å². The molecule has 0 aromatic heterocycles. The summed E-state index contributed by atoms with van der Waals surface area (Å²) < 4.78 is 42.4. The van der Waals surface area contributed by atoms with Crippen LogP contribution in [-0.2, 0) is 4.79 Å². The highest BCUT2D eigenvalue weighted by Gasteiger charge is 2.35. The molecule has 1 aliphatic heterocycles. The Morgan fingerprint density at radius 3 is 2.76 bits per heavy atom. The predicted molar refractivity (Wildman–Crippen MR) is 71.8 cm³/mol. The van der Waals surface area contributed by atoms with Gasteiger partial charge < -0.3 is 15.0 Å². The normalized spacial score (nSPS) is 22.0. The van der Waals surface area contributed by atoms with E-state index in [-0.39, 0.29) is 30.0 Å². The molecule has 0 aliphatic carbocycles. The Bertz CT molecular complexity index is 525. The summed E-state index contributed by atoms with van der Waals surface area (Å²) in [4.78, 5) is 13.6. The van der Waals surface area contributed by atoms with Crippen molar-refractivity contribution in [3.8, 4) is 5.75 Å². The molecule has 116 valence electrons. The monoisotopic (exact) mass is 302 g/mol. The Kier molecular flexibility index (Phi) is 4.59. The summed E-state index contributed by atoms with van der Waals surface area (Å²) in [7, 11) is 1.71. The molecule has 21 heavy (non-hydrogen) atoms. The lowest BCUT2D eigenvalue weighted by Crippen LogP contribution is -2.27. The number of alkyl halides is 2. The molecule has 1 aromatic rings. The lowest BCUT2D eigenvalue weighted by atomic mass is 9.97. The fourth-order valence-electron chi connectivity index (χ4n) is 2.54. The van der Waals surface area contributed by atoms with Gasteiger partial charge in [-0.15, -0.1) is 0 Å². The molecule has 1 heterocycles. The third-order valence-corrected chi connectivity index (χ3v) is 3.63. The van der Waals surface area contributed by atoms with Crippen LogP contribution in [0.25, 0.3) is 0 Å². The zero-order chi connectivity index (χ0) is 15.6. The topological polar surface area (TPSA) is 41.6 Å². The number of benzene rings is 1. The molecule has 2 rings (SSSR count). The number of nitrogens with zero attached hydrogens (tertiary/aromatic N) is 1. The number of carbonyl (C=O) groups excluding carboxylic acids is 1. The van der Waals surface area contributed by atoms with E-state index in [1.54, 1.807) is 11.9 Å². The smallest absolute Gasteiger partial charge is 0.387 e. The molecule has 0 spiro atoms. The number of likely N-dealkylation sites (tertiary alicyclic amines) is 1. The molecule has 4 nitrogen and oxygen atoms in total. The number of rotatable bonds is 5. The number of nitrogens with one attached hydrogen (secondary N) is 1. The number of anilines is 1. The highest BCUT2D eigenvalue weighted by molar-refractivity contribution is 5.81. The largest absolute Gasteiger partial charge is 0.429 e. The van der Waals surface area contributed by atoms with Gasteiger partial charge in [0.15, 0.2) is 11.6 Å². The molecular weight excluding hydrogens is 285 g/mol. The number of ether oxygens (including phenoxy) is 1. The van der Waals surface area contributed by atoms with Gasteiger partial charge in [-0.1, -0.05) is 13.0 Å². The van der Waals surface area contributed by atoms with Gasteiger partial charge in [0.25, 0.3) is 0 Å². The molecule has 1 unspecified atom stereocenters. The van der Waals surface area contributed by atoms with Gasteiger partial charge >= 0.3 is 6.61 Å². The van der Waals surface area contributed by atoms with Crippen molar-refractivity contribution in [3.05, 3.63) is 24.0 Å². The Hall–Kier alpha value is -1.92. The number of halogens is 3. The SMILES string of the molecule is CC1CN(C)C(=O)[C@@H]1CNc1cccc(F)c1OC(F)F. The summed E-state index contributed by atoms with van der Waals surface area (Å²) in [6, 6.07) is 3.87. The van der Waals surface area contributed by atoms with Crippen LogP contribution in [0.1, 0.15) is 6.92 Å². The maximum absolute atomic E-state index is 13.6. The van der Waals surface area contributed by atoms with Crippen LogP contribution >= 0.6 is 0 Å². The highest BCUT2D eigenvalue weighted by Crippen LogP contribution is 2.31. The average molecular weight is 302 g/mol. The van der Waals surface area contributed by atoms with E-state index < -0.39 is 18.2 Å². The molecule has 1 amide bonds. The first kappa shape index (κ1) is 15.5. The van der Waals surface area contributed by atoms with Crippen molar-refractivity contribution in [3.63, 3.8) is 0 Å². The van der Waals surface area contributed by atoms with Crippen LogP contribution in [0.5, 0.6) is 5.75 Å². The van der Waals surface area contributed by atoms with E-state index in [1.807, 2.05) is 6.92 Å². The van der Waals surface area contributed by atoms with Crippen LogP contribution < -0.4 is 10.1 Å². The van der Waals surface area contributed by atoms with Crippen LogP contribution in [-0.4, -0.2) is 37.6 Å². The average Bonchev–Trinajstić information content (AvgIpc) is 2.64. The molecule has 1 N–H and O–H groups in total. The highest BCUT2D eigenvalue weighted by atomic mass is 19.3. The van der Waals surface area contributed by atoms with Crippen molar-refractivity contribution in [2.24, 2.45) is 11.8 Å². The number of hydrogen-bond acceptors (Lipinski definition) is 3. The van der Waals surface area contributed by atoms with Crippen LogP contribution in [0.2, 0.25) is 0 Å². The first-order valence-corrected chi connectivity index (χ1v) is 6.62. The third kappa shape index (κ3) is 3.40. The second-order valence-electron chi connectivity index (χ2n) is 5.18. The van der Waals surface area contributed by atoms with E-state index in [0.29, 0.717) is 6.54 Å². The third-order valence-electron chi connectivity index (χ3n) is 3.63. The number of carbonyl (C=O) groups is 1. The zero-order valence-electron chi connectivity index (χ0n) is 11.8. The van der Waals surface area contributed by atoms with Crippen molar-refractivity contribution in [2.75, 3.05) is 25.5 Å². The van der Waals surface area contributed by atoms with Crippen molar-refractivity contribution in [2.45, 2.75) is 13.5 Å². The predicted octanol–water partition coefficient (Wildman–Crippen LogP) is 2.56. The van der Waals surface area contributed by atoms with Gasteiger partial charge in [-0.25, -0.2) is 4.39 Å². The van der Waals surface area contributed by atoms with Crippen LogP contribution in [0.3, 0.4) is 0 Å². The summed E-state index contributed by atoms with van der Waals surface area (Å²) >= 11 is 0. The summed E-state index contributed by atoms with van der Waals surface area (Å²) in [6.07, 6.45) is 0. The Labute approximate surface area is 120 Å². The van der Waals surface area contributed by atoms with Crippen molar-refractivity contribution in [1.82, 2.24) is 4.90 Å². The number of amides is 1. The van der Waals surface area contributed by atoms with Gasteiger partial charge in [-0.3, -0.25) is 4.79 Å². The summed E-state index contributed by atoms with van der Waals surface area (Å²) in [5.41, 5.74) is 0.116. The molecule has 0 radical (unpaired) electrons. The quantitative estimate of drug-likeness (QED) is 0.909. The van der Waals surface area contributed by atoms with E-state index >= 15 is 0 Å². The van der Waals surface area contributed by atoms with E-state index in [4.69, 9.17) is 0 Å². The minimum atomic E-state index is -3.11. The second kappa shape index (κ2) is 6.24. The number of para-hydroxylation sites is 1. The molecule has 1 aliphatic rings. The fourth-order valence-corrected chi connectivity index (χ4v) is 2.54. The van der Waals surface area contributed by atoms with E-state index in [9.17, 15) is 18.0 Å². The molecule has 1 saturated heterocycles. The Balaban J connectivity index is 2.10. The van der Waals surface area contributed by atoms with Crippen LogP contribution in [0.4, 0.5) is 18.9 Å². The standard InChI is InChI=1S/C14H17F3N2O2/c1-8-7-19(2)13(20)9(8)6-18-11-5-3-4-10(15)12(11)21-14(16)17/h3-5,8-9,14,18H,6-7H2,1-2H3/t8?,9-/m1/s1. The Morgan fingerprint density at radius 2 is 2.19 bits per heavy atom. The van der Waals surface area contributed by atoms with Gasteiger partial charge in [0.05, 0.1) is 11.6 Å². The molecule has 1 fully saturated rings. The van der Waals surface area contributed by atoms with E-state index in [1.165, 1.54) is 12.1 Å². The van der Waals surface area contributed by atoms with Gasteiger partial charge in [0, 0.05) is 20.1 Å². The maximum atomic E-state index is 13.6. The molecule has 7 heteroatoms. The molecule has 1 aromatic carbocycles. The summed E-state index contributed by atoms with van der Waals surface area (Å²) in [5, 5.41) is 2.84.